The van der Waals surface area contributed by atoms with Gasteiger partial charge in [-0.3, -0.25) is 4.79 Å². The number of hydrogen-bond acceptors (Lipinski definition) is 4. The summed E-state index contributed by atoms with van der Waals surface area (Å²) in [4.78, 5) is 16.5. The van der Waals surface area contributed by atoms with Crippen molar-refractivity contribution in [3.05, 3.63) is 48.2 Å². The van der Waals surface area contributed by atoms with Gasteiger partial charge in [-0.15, -0.1) is 0 Å². The SMILES string of the molecule is Cc1c([C@@H](NC(=O)[C@@H](C)n2cncn2)C(C)C)oc2ccccc12. The van der Waals surface area contributed by atoms with E-state index in [0.29, 0.717) is 0 Å². The van der Waals surface area contributed by atoms with Crippen LogP contribution in [-0.2, 0) is 4.79 Å². The van der Waals surface area contributed by atoms with E-state index in [2.05, 4.69) is 29.2 Å². The first-order valence-electron chi connectivity index (χ1n) is 8.11. The summed E-state index contributed by atoms with van der Waals surface area (Å²) < 4.78 is 7.58. The number of benzene rings is 1. The summed E-state index contributed by atoms with van der Waals surface area (Å²) in [6.07, 6.45) is 2.97. The molecule has 0 saturated carbocycles. The number of rotatable bonds is 5. The summed E-state index contributed by atoms with van der Waals surface area (Å²) in [7, 11) is 0. The van der Waals surface area contributed by atoms with E-state index in [1.807, 2.05) is 31.2 Å². The molecule has 24 heavy (non-hydrogen) atoms. The van der Waals surface area contributed by atoms with Crippen LogP contribution in [0.5, 0.6) is 0 Å². The summed E-state index contributed by atoms with van der Waals surface area (Å²) >= 11 is 0. The molecule has 6 nitrogen and oxygen atoms in total. The van der Waals surface area contributed by atoms with E-state index in [-0.39, 0.29) is 17.9 Å². The molecule has 6 heteroatoms. The second kappa shape index (κ2) is 6.47. The fourth-order valence-electron chi connectivity index (χ4n) is 2.84. The molecule has 1 amide bonds. The molecule has 3 rings (SSSR count). The molecule has 0 aliphatic heterocycles. The van der Waals surface area contributed by atoms with Crippen LogP contribution in [0.2, 0.25) is 0 Å². The van der Waals surface area contributed by atoms with Crippen molar-refractivity contribution < 1.29 is 9.21 Å². The number of para-hydroxylation sites is 1. The smallest absolute Gasteiger partial charge is 0.245 e. The van der Waals surface area contributed by atoms with Gasteiger partial charge in [0.2, 0.25) is 5.91 Å². The predicted molar refractivity (Wildman–Crippen MR) is 91.4 cm³/mol. The highest BCUT2D eigenvalue weighted by Crippen LogP contribution is 2.33. The zero-order valence-electron chi connectivity index (χ0n) is 14.4. The van der Waals surface area contributed by atoms with Crippen LogP contribution in [0.1, 0.15) is 44.2 Å². The Kier molecular flexibility index (Phi) is 4.38. The lowest BCUT2D eigenvalue weighted by Crippen LogP contribution is -2.36. The van der Waals surface area contributed by atoms with Crippen LogP contribution in [-0.4, -0.2) is 20.7 Å². The predicted octanol–water partition coefficient (Wildman–Crippen LogP) is 3.41. The number of carbonyl (C=O) groups is 1. The lowest BCUT2D eigenvalue weighted by molar-refractivity contribution is -0.125. The summed E-state index contributed by atoms with van der Waals surface area (Å²) in [6.45, 7) is 7.96. The highest BCUT2D eigenvalue weighted by Gasteiger charge is 2.27. The third-order valence-electron chi connectivity index (χ3n) is 4.34. The monoisotopic (exact) mass is 326 g/mol. The summed E-state index contributed by atoms with van der Waals surface area (Å²) in [5.41, 5.74) is 1.91. The van der Waals surface area contributed by atoms with Gasteiger partial charge in [0.25, 0.3) is 0 Å². The molecule has 1 N–H and O–H groups in total. The Morgan fingerprint density at radius 1 is 1.25 bits per heavy atom. The average Bonchev–Trinajstić information content (AvgIpc) is 3.20. The number of aromatic nitrogens is 3. The minimum atomic E-state index is -0.432. The second-order valence-corrected chi connectivity index (χ2v) is 6.37. The molecule has 2 atom stereocenters. The van der Waals surface area contributed by atoms with Crippen molar-refractivity contribution in [1.82, 2.24) is 20.1 Å². The van der Waals surface area contributed by atoms with Crippen LogP contribution in [0, 0.1) is 12.8 Å². The van der Waals surface area contributed by atoms with Crippen LogP contribution < -0.4 is 5.32 Å². The number of amides is 1. The van der Waals surface area contributed by atoms with Gasteiger partial charge < -0.3 is 9.73 Å². The van der Waals surface area contributed by atoms with Crippen LogP contribution in [0.15, 0.2) is 41.3 Å². The number of furan rings is 1. The number of aryl methyl sites for hydroxylation is 1. The molecule has 0 radical (unpaired) electrons. The Morgan fingerprint density at radius 2 is 2.00 bits per heavy atom. The van der Waals surface area contributed by atoms with Gasteiger partial charge in [0.15, 0.2) is 0 Å². The Labute approximate surface area is 140 Å². The number of carbonyl (C=O) groups excluding carboxylic acids is 1. The lowest BCUT2D eigenvalue weighted by atomic mass is 9.98. The zero-order chi connectivity index (χ0) is 17.3. The minimum absolute atomic E-state index is 0.112. The minimum Gasteiger partial charge on any atom is -0.459 e. The standard InChI is InChI=1S/C18H22N4O2/c1-11(2)16(21-18(23)13(4)22-10-19-9-20-22)17-12(3)14-7-5-6-8-15(14)24-17/h5-11,13,16H,1-4H3,(H,21,23)/t13-,16+/m1/s1. The van der Waals surface area contributed by atoms with Crippen molar-refractivity contribution in [1.29, 1.82) is 0 Å². The van der Waals surface area contributed by atoms with Crippen molar-refractivity contribution in [2.45, 2.75) is 39.8 Å². The maximum atomic E-state index is 12.6. The number of nitrogens with one attached hydrogen (secondary N) is 1. The van der Waals surface area contributed by atoms with Gasteiger partial charge in [-0.25, -0.2) is 9.67 Å². The molecule has 2 heterocycles. The Balaban J connectivity index is 1.89. The molecule has 2 aromatic heterocycles. The van der Waals surface area contributed by atoms with E-state index < -0.39 is 6.04 Å². The van der Waals surface area contributed by atoms with Crippen molar-refractivity contribution in [2.75, 3.05) is 0 Å². The highest BCUT2D eigenvalue weighted by molar-refractivity contribution is 5.83. The quantitative estimate of drug-likeness (QED) is 0.780. The Bertz CT molecular complexity index is 836. The number of nitrogens with zero attached hydrogens (tertiary/aromatic N) is 3. The number of hydrogen-bond donors (Lipinski definition) is 1. The van der Waals surface area contributed by atoms with Gasteiger partial charge in [-0.1, -0.05) is 32.0 Å². The molecule has 0 aliphatic carbocycles. The molecular weight excluding hydrogens is 304 g/mol. The van der Waals surface area contributed by atoms with E-state index in [1.165, 1.54) is 11.0 Å². The van der Waals surface area contributed by atoms with Gasteiger partial charge in [0, 0.05) is 10.9 Å². The molecule has 0 bridgehead atoms. The Hall–Kier alpha value is -2.63. The van der Waals surface area contributed by atoms with E-state index in [0.717, 1.165) is 22.3 Å². The summed E-state index contributed by atoms with van der Waals surface area (Å²) in [6, 6.07) is 7.29. The lowest BCUT2D eigenvalue weighted by Gasteiger charge is -2.23. The Morgan fingerprint density at radius 3 is 2.62 bits per heavy atom. The molecule has 0 spiro atoms. The molecule has 0 aliphatic rings. The van der Waals surface area contributed by atoms with Gasteiger partial charge in [0.1, 0.15) is 30.0 Å². The van der Waals surface area contributed by atoms with Gasteiger partial charge >= 0.3 is 0 Å². The molecular formula is C18H22N4O2. The largest absolute Gasteiger partial charge is 0.459 e. The molecule has 0 fully saturated rings. The first-order chi connectivity index (χ1) is 11.5. The fraction of sp³-hybridized carbons (Fsp3) is 0.389. The topological polar surface area (TPSA) is 73.0 Å². The normalized spacial score (nSPS) is 14.0. The van der Waals surface area contributed by atoms with Crippen molar-refractivity contribution >= 4 is 16.9 Å². The van der Waals surface area contributed by atoms with Gasteiger partial charge in [-0.2, -0.15) is 5.10 Å². The zero-order valence-corrected chi connectivity index (χ0v) is 14.4. The molecule has 126 valence electrons. The van der Waals surface area contributed by atoms with Crippen LogP contribution in [0.4, 0.5) is 0 Å². The molecule has 1 aromatic carbocycles. The van der Waals surface area contributed by atoms with Crippen LogP contribution >= 0.6 is 0 Å². The average molecular weight is 326 g/mol. The molecule has 0 unspecified atom stereocenters. The third-order valence-corrected chi connectivity index (χ3v) is 4.34. The van der Waals surface area contributed by atoms with Crippen molar-refractivity contribution in [2.24, 2.45) is 5.92 Å². The first-order valence-corrected chi connectivity index (χ1v) is 8.11. The second-order valence-electron chi connectivity index (χ2n) is 6.37. The van der Waals surface area contributed by atoms with Gasteiger partial charge in [0.05, 0.1) is 6.04 Å². The van der Waals surface area contributed by atoms with E-state index >= 15 is 0 Å². The summed E-state index contributed by atoms with van der Waals surface area (Å²) in [5, 5.41) is 8.22. The highest BCUT2D eigenvalue weighted by atomic mass is 16.3. The van der Waals surface area contributed by atoms with E-state index in [1.54, 1.807) is 13.3 Å². The maximum Gasteiger partial charge on any atom is 0.245 e. The summed E-state index contributed by atoms with van der Waals surface area (Å²) in [5.74, 6) is 0.889. The van der Waals surface area contributed by atoms with Crippen LogP contribution in [0.25, 0.3) is 11.0 Å². The number of fused-ring (bicyclic) bond motifs is 1. The van der Waals surface area contributed by atoms with Crippen LogP contribution in [0.3, 0.4) is 0 Å². The van der Waals surface area contributed by atoms with E-state index in [4.69, 9.17) is 4.42 Å². The first kappa shape index (κ1) is 16.2. The third kappa shape index (κ3) is 2.91. The molecule has 3 aromatic rings. The van der Waals surface area contributed by atoms with Crippen molar-refractivity contribution in [3.8, 4) is 0 Å². The molecule has 0 saturated heterocycles. The van der Waals surface area contributed by atoms with Crippen molar-refractivity contribution in [3.63, 3.8) is 0 Å². The van der Waals surface area contributed by atoms with E-state index in [9.17, 15) is 4.79 Å². The van der Waals surface area contributed by atoms with Gasteiger partial charge in [-0.05, 0) is 25.8 Å². The fourth-order valence-corrected chi connectivity index (χ4v) is 2.84. The maximum absolute atomic E-state index is 12.6.